The molecule has 2 aromatic heterocycles. The molecule has 2 aliphatic heterocycles. The van der Waals surface area contributed by atoms with Gasteiger partial charge < -0.3 is 14.2 Å². The normalized spacial score (nSPS) is 20.7. The highest BCUT2D eigenvalue weighted by Gasteiger charge is 2.32. The van der Waals surface area contributed by atoms with Crippen molar-refractivity contribution in [2.45, 2.75) is 58.0 Å². The first kappa shape index (κ1) is 15.4. The zero-order chi connectivity index (χ0) is 16.4. The van der Waals surface area contributed by atoms with Crippen LogP contribution in [0.15, 0.2) is 12.4 Å². The molecule has 2 aromatic rings. The number of fused-ring (bicyclic) bond motifs is 1. The molecular weight excluding hydrogens is 304 g/mol. The van der Waals surface area contributed by atoms with Crippen molar-refractivity contribution in [3.63, 3.8) is 0 Å². The Bertz CT molecular complexity index is 700. The van der Waals surface area contributed by atoms with Gasteiger partial charge in [0.1, 0.15) is 18.0 Å². The molecule has 0 aromatic carbocycles. The lowest BCUT2D eigenvalue weighted by atomic mass is 10.2. The van der Waals surface area contributed by atoms with Crippen LogP contribution in [0.4, 0.5) is 5.82 Å². The summed E-state index contributed by atoms with van der Waals surface area (Å²) in [7, 11) is 0. The summed E-state index contributed by atoms with van der Waals surface area (Å²) in [6, 6.07) is 2.18. The number of hydrogen-bond donors (Lipinski definition) is 0. The molecule has 128 valence electrons. The molecule has 1 unspecified atom stereocenters. The second kappa shape index (κ2) is 6.75. The van der Waals surface area contributed by atoms with Crippen molar-refractivity contribution in [1.29, 1.82) is 0 Å². The predicted molar refractivity (Wildman–Crippen MR) is 90.1 cm³/mol. The molecule has 7 nitrogen and oxygen atoms in total. The molecular formula is C17H24N6O. The van der Waals surface area contributed by atoms with Gasteiger partial charge in [0.05, 0.1) is 12.6 Å². The summed E-state index contributed by atoms with van der Waals surface area (Å²) < 4.78 is 7.88. The molecule has 0 amide bonds. The summed E-state index contributed by atoms with van der Waals surface area (Å²) in [5.41, 5.74) is 0. The van der Waals surface area contributed by atoms with E-state index in [0.29, 0.717) is 12.5 Å². The molecule has 1 fully saturated rings. The highest BCUT2D eigenvalue weighted by atomic mass is 16.5. The van der Waals surface area contributed by atoms with Gasteiger partial charge in [-0.05, 0) is 32.6 Å². The van der Waals surface area contributed by atoms with Gasteiger partial charge in [-0.15, -0.1) is 10.2 Å². The first-order valence-corrected chi connectivity index (χ1v) is 9.00. The van der Waals surface area contributed by atoms with Crippen LogP contribution in [-0.2, 0) is 13.0 Å². The van der Waals surface area contributed by atoms with Crippen LogP contribution >= 0.6 is 0 Å². The fourth-order valence-corrected chi connectivity index (χ4v) is 3.78. The third-order valence-corrected chi connectivity index (χ3v) is 4.90. The SMILES string of the molecule is CCOc1cc(N2CCCC2c2nnc3n2CCCCC3)ncn1. The Morgan fingerprint density at radius 1 is 1.12 bits per heavy atom. The van der Waals surface area contributed by atoms with E-state index >= 15 is 0 Å². The monoisotopic (exact) mass is 328 g/mol. The molecule has 4 heterocycles. The van der Waals surface area contributed by atoms with Crippen molar-refractivity contribution < 1.29 is 4.74 Å². The van der Waals surface area contributed by atoms with Crippen LogP contribution in [0.2, 0.25) is 0 Å². The molecule has 2 aliphatic rings. The Hall–Kier alpha value is -2.18. The van der Waals surface area contributed by atoms with Crippen LogP contribution in [-0.4, -0.2) is 37.9 Å². The average Bonchev–Trinajstić information content (AvgIpc) is 3.16. The van der Waals surface area contributed by atoms with Crippen molar-refractivity contribution in [2.75, 3.05) is 18.1 Å². The van der Waals surface area contributed by atoms with Crippen LogP contribution < -0.4 is 9.64 Å². The first-order chi connectivity index (χ1) is 11.9. The van der Waals surface area contributed by atoms with Crippen LogP contribution in [0.1, 0.15) is 56.7 Å². The fraction of sp³-hybridized carbons (Fsp3) is 0.647. The maximum atomic E-state index is 5.53. The van der Waals surface area contributed by atoms with Crippen molar-refractivity contribution in [2.24, 2.45) is 0 Å². The largest absolute Gasteiger partial charge is 0.478 e. The van der Waals surface area contributed by atoms with E-state index in [4.69, 9.17) is 4.74 Å². The van der Waals surface area contributed by atoms with E-state index in [0.717, 1.165) is 49.8 Å². The minimum absolute atomic E-state index is 0.244. The van der Waals surface area contributed by atoms with Crippen molar-refractivity contribution >= 4 is 5.82 Å². The maximum Gasteiger partial charge on any atom is 0.218 e. The number of nitrogens with zero attached hydrogens (tertiary/aromatic N) is 6. The molecule has 0 spiro atoms. The molecule has 1 atom stereocenters. The van der Waals surface area contributed by atoms with E-state index in [-0.39, 0.29) is 6.04 Å². The fourth-order valence-electron chi connectivity index (χ4n) is 3.78. The summed E-state index contributed by atoms with van der Waals surface area (Å²) in [6.45, 7) is 4.59. The summed E-state index contributed by atoms with van der Waals surface area (Å²) in [4.78, 5) is 11.0. The van der Waals surface area contributed by atoms with Gasteiger partial charge in [-0.1, -0.05) is 6.42 Å². The number of aromatic nitrogens is 5. The number of hydrogen-bond acceptors (Lipinski definition) is 6. The number of anilines is 1. The van der Waals surface area contributed by atoms with Crippen molar-refractivity contribution in [1.82, 2.24) is 24.7 Å². The van der Waals surface area contributed by atoms with E-state index < -0.39 is 0 Å². The maximum absolute atomic E-state index is 5.53. The Labute approximate surface area is 142 Å². The van der Waals surface area contributed by atoms with Gasteiger partial charge in [0, 0.05) is 25.6 Å². The molecule has 1 saturated heterocycles. The molecule has 24 heavy (non-hydrogen) atoms. The van der Waals surface area contributed by atoms with Crippen LogP contribution in [0, 0.1) is 0 Å². The van der Waals surface area contributed by atoms with E-state index in [1.807, 2.05) is 13.0 Å². The lowest BCUT2D eigenvalue weighted by molar-refractivity contribution is 0.326. The molecule has 0 radical (unpaired) electrons. The third kappa shape index (κ3) is 2.83. The second-order valence-corrected chi connectivity index (χ2v) is 6.44. The smallest absolute Gasteiger partial charge is 0.218 e. The van der Waals surface area contributed by atoms with Gasteiger partial charge in [0.15, 0.2) is 5.82 Å². The molecule has 0 aliphatic carbocycles. The summed E-state index contributed by atoms with van der Waals surface area (Å²) >= 11 is 0. The van der Waals surface area contributed by atoms with Crippen molar-refractivity contribution in [3.8, 4) is 5.88 Å². The molecule has 4 rings (SSSR count). The Balaban J connectivity index is 1.64. The number of ether oxygens (including phenoxy) is 1. The van der Waals surface area contributed by atoms with Crippen LogP contribution in [0.5, 0.6) is 5.88 Å². The van der Waals surface area contributed by atoms with E-state index in [1.54, 1.807) is 6.33 Å². The summed E-state index contributed by atoms with van der Waals surface area (Å²) in [5.74, 6) is 3.79. The van der Waals surface area contributed by atoms with E-state index in [9.17, 15) is 0 Å². The zero-order valence-corrected chi connectivity index (χ0v) is 14.2. The van der Waals surface area contributed by atoms with Crippen molar-refractivity contribution in [3.05, 3.63) is 24.0 Å². The average molecular weight is 328 g/mol. The van der Waals surface area contributed by atoms with Gasteiger partial charge in [0.2, 0.25) is 5.88 Å². The molecule has 0 saturated carbocycles. The number of aryl methyl sites for hydroxylation is 1. The van der Waals surface area contributed by atoms with Gasteiger partial charge in [-0.25, -0.2) is 9.97 Å². The standard InChI is InChI=1S/C17H24N6O/c1-2-24-16-11-15(18-12-19-16)22-10-6-7-13(22)17-21-20-14-8-4-3-5-9-23(14)17/h11-13H,2-10H2,1H3. The highest BCUT2D eigenvalue weighted by Crippen LogP contribution is 2.35. The van der Waals surface area contributed by atoms with Gasteiger partial charge in [-0.3, -0.25) is 0 Å². The summed E-state index contributed by atoms with van der Waals surface area (Å²) in [5, 5.41) is 9.02. The Kier molecular flexibility index (Phi) is 4.32. The van der Waals surface area contributed by atoms with Crippen LogP contribution in [0.25, 0.3) is 0 Å². The second-order valence-electron chi connectivity index (χ2n) is 6.44. The van der Waals surface area contributed by atoms with Gasteiger partial charge in [-0.2, -0.15) is 0 Å². The highest BCUT2D eigenvalue weighted by molar-refractivity contribution is 5.44. The van der Waals surface area contributed by atoms with E-state index in [1.165, 1.54) is 19.3 Å². The minimum Gasteiger partial charge on any atom is -0.478 e. The topological polar surface area (TPSA) is 69.0 Å². The molecule has 0 bridgehead atoms. The third-order valence-electron chi connectivity index (χ3n) is 4.90. The lowest BCUT2D eigenvalue weighted by Crippen LogP contribution is -2.26. The van der Waals surface area contributed by atoms with Gasteiger partial charge >= 0.3 is 0 Å². The quantitative estimate of drug-likeness (QED) is 0.859. The molecule has 7 heteroatoms. The Morgan fingerprint density at radius 3 is 3.00 bits per heavy atom. The first-order valence-electron chi connectivity index (χ1n) is 9.00. The minimum atomic E-state index is 0.244. The predicted octanol–water partition coefficient (Wildman–Crippen LogP) is 2.53. The number of rotatable bonds is 4. The summed E-state index contributed by atoms with van der Waals surface area (Å²) in [6.07, 6.45) is 8.57. The zero-order valence-electron chi connectivity index (χ0n) is 14.2. The van der Waals surface area contributed by atoms with Crippen LogP contribution in [0.3, 0.4) is 0 Å². The van der Waals surface area contributed by atoms with Gasteiger partial charge in [0.25, 0.3) is 0 Å². The Morgan fingerprint density at radius 2 is 2.08 bits per heavy atom. The molecule has 0 N–H and O–H groups in total. The lowest BCUT2D eigenvalue weighted by Gasteiger charge is -2.25. The van der Waals surface area contributed by atoms with E-state index in [2.05, 4.69) is 29.6 Å².